The van der Waals surface area contributed by atoms with Crippen LogP contribution in [-0.2, 0) is 6.54 Å². The monoisotopic (exact) mass is 246 g/mol. The normalized spacial score (nSPS) is 15.4. The summed E-state index contributed by atoms with van der Waals surface area (Å²) >= 11 is 0. The van der Waals surface area contributed by atoms with Crippen molar-refractivity contribution in [3.63, 3.8) is 0 Å². The van der Waals surface area contributed by atoms with Gasteiger partial charge in [-0.15, -0.1) is 0 Å². The van der Waals surface area contributed by atoms with Gasteiger partial charge in [0, 0.05) is 18.7 Å². The number of nitriles is 1. The highest BCUT2D eigenvalue weighted by Gasteiger charge is 2.20. The zero-order chi connectivity index (χ0) is 13.0. The molecule has 2 nitrogen and oxygen atoms in total. The third kappa shape index (κ3) is 3.08. The van der Waals surface area contributed by atoms with E-state index in [2.05, 4.69) is 17.9 Å². The molecule has 18 heavy (non-hydrogen) atoms. The van der Waals surface area contributed by atoms with E-state index in [1.165, 1.54) is 31.4 Å². The molecule has 1 aromatic rings. The third-order valence-corrected chi connectivity index (χ3v) is 3.76. The molecule has 0 unspecified atom stereocenters. The number of hydrogen-bond acceptors (Lipinski definition) is 2. The quantitative estimate of drug-likeness (QED) is 0.797. The van der Waals surface area contributed by atoms with Gasteiger partial charge in [-0.2, -0.15) is 5.26 Å². The molecule has 1 aromatic carbocycles. The zero-order valence-electron chi connectivity index (χ0n) is 10.8. The molecule has 1 fully saturated rings. The van der Waals surface area contributed by atoms with Crippen molar-refractivity contribution in [2.24, 2.45) is 5.92 Å². The molecule has 0 radical (unpaired) electrons. The van der Waals surface area contributed by atoms with E-state index < -0.39 is 0 Å². The highest BCUT2D eigenvalue weighted by atomic mass is 19.1. The summed E-state index contributed by atoms with van der Waals surface area (Å²) in [4.78, 5) is 2.27. The Morgan fingerprint density at radius 3 is 2.78 bits per heavy atom. The molecule has 96 valence electrons. The maximum atomic E-state index is 13.7. The molecule has 0 aliphatic heterocycles. The summed E-state index contributed by atoms with van der Waals surface area (Å²) in [5, 5.41) is 8.85. The lowest BCUT2D eigenvalue weighted by Crippen LogP contribution is -2.32. The minimum Gasteiger partial charge on any atom is -0.299 e. The van der Waals surface area contributed by atoms with Crippen LogP contribution in [-0.4, -0.2) is 18.0 Å². The Morgan fingerprint density at radius 1 is 1.44 bits per heavy atom. The fourth-order valence-electron chi connectivity index (χ4n) is 2.35. The predicted octanol–water partition coefficient (Wildman–Crippen LogP) is 3.32. The second-order valence-corrected chi connectivity index (χ2v) is 5.04. The van der Waals surface area contributed by atoms with E-state index in [0.717, 1.165) is 19.0 Å². The first-order chi connectivity index (χ1) is 8.72. The molecule has 0 atom stereocenters. The first kappa shape index (κ1) is 13.0. The molecule has 1 aliphatic carbocycles. The topological polar surface area (TPSA) is 27.0 Å². The Morgan fingerprint density at radius 2 is 2.22 bits per heavy atom. The third-order valence-electron chi connectivity index (χ3n) is 3.76. The van der Waals surface area contributed by atoms with Crippen LogP contribution >= 0.6 is 0 Å². The van der Waals surface area contributed by atoms with Gasteiger partial charge in [0.1, 0.15) is 5.82 Å². The van der Waals surface area contributed by atoms with Gasteiger partial charge in [0.25, 0.3) is 0 Å². The minimum atomic E-state index is -0.207. The number of hydrogen-bond donors (Lipinski definition) is 0. The molecule has 0 bridgehead atoms. The molecule has 0 amide bonds. The van der Waals surface area contributed by atoms with E-state index >= 15 is 0 Å². The molecular weight excluding hydrogens is 227 g/mol. The van der Waals surface area contributed by atoms with Gasteiger partial charge >= 0.3 is 0 Å². The fraction of sp³-hybridized carbons (Fsp3) is 0.533. The molecule has 0 aromatic heterocycles. The Labute approximate surface area is 108 Å². The Hall–Kier alpha value is -1.40. The van der Waals surface area contributed by atoms with Crippen molar-refractivity contribution in [2.45, 2.75) is 32.7 Å². The van der Waals surface area contributed by atoms with Crippen LogP contribution in [0.25, 0.3) is 0 Å². The van der Waals surface area contributed by atoms with Crippen LogP contribution in [0.4, 0.5) is 4.39 Å². The summed E-state index contributed by atoms with van der Waals surface area (Å²) < 4.78 is 13.7. The Kier molecular flexibility index (Phi) is 4.33. The molecule has 3 heteroatoms. The smallest absolute Gasteiger partial charge is 0.127 e. The molecule has 0 N–H and O–H groups in total. The van der Waals surface area contributed by atoms with Gasteiger partial charge in [-0.1, -0.05) is 13.3 Å². The molecule has 2 rings (SSSR count). The standard InChI is InChI=1S/C15H19FN2/c1-2-18(10-12-4-3-5-12)11-14-8-13(9-17)6-7-15(14)16/h6-8,12H,2-5,10-11H2,1H3. The first-order valence-corrected chi connectivity index (χ1v) is 6.63. The van der Waals surface area contributed by atoms with Crippen LogP contribution in [0, 0.1) is 23.1 Å². The summed E-state index contributed by atoms with van der Waals surface area (Å²) in [7, 11) is 0. The molecule has 1 saturated carbocycles. The number of nitrogens with zero attached hydrogens (tertiary/aromatic N) is 2. The van der Waals surface area contributed by atoms with Gasteiger partial charge < -0.3 is 0 Å². The van der Waals surface area contributed by atoms with E-state index in [0.29, 0.717) is 17.7 Å². The Balaban J connectivity index is 2.03. The largest absolute Gasteiger partial charge is 0.299 e. The SMILES string of the molecule is CCN(Cc1cc(C#N)ccc1F)CC1CCC1. The maximum absolute atomic E-state index is 13.7. The van der Waals surface area contributed by atoms with Gasteiger partial charge in [0.15, 0.2) is 0 Å². The second kappa shape index (κ2) is 5.97. The van der Waals surface area contributed by atoms with Crippen molar-refractivity contribution in [1.82, 2.24) is 4.90 Å². The molecule has 0 spiro atoms. The van der Waals surface area contributed by atoms with Crippen LogP contribution in [0.1, 0.15) is 37.3 Å². The zero-order valence-corrected chi connectivity index (χ0v) is 10.8. The highest BCUT2D eigenvalue weighted by molar-refractivity contribution is 5.33. The average Bonchev–Trinajstić information content (AvgIpc) is 2.34. The fourth-order valence-corrected chi connectivity index (χ4v) is 2.35. The van der Waals surface area contributed by atoms with Crippen LogP contribution in [0.2, 0.25) is 0 Å². The lowest BCUT2D eigenvalue weighted by atomic mass is 9.85. The van der Waals surface area contributed by atoms with E-state index in [-0.39, 0.29) is 5.82 Å². The summed E-state index contributed by atoms with van der Waals surface area (Å²) in [6.07, 6.45) is 3.94. The van der Waals surface area contributed by atoms with E-state index in [9.17, 15) is 4.39 Å². The van der Waals surface area contributed by atoms with Crippen LogP contribution in [0.3, 0.4) is 0 Å². The number of benzene rings is 1. The van der Waals surface area contributed by atoms with E-state index in [1.54, 1.807) is 6.07 Å². The van der Waals surface area contributed by atoms with Gasteiger partial charge in [0.2, 0.25) is 0 Å². The molecule has 1 aliphatic rings. The van der Waals surface area contributed by atoms with Crippen LogP contribution in [0.5, 0.6) is 0 Å². The predicted molar refractivity (Wildman–Crippen MR) is 69.4 cm³/mol. The van der Waals surface area contributed by atoms with Crippen LogP contribution in [0.15, 0.2) is 18.2 Å². The Bertz CT molecular complexity index is 446. The second-order valence-electron chi connectivity index (χ2n) is 5.04. The molecule has 0 saturated heterocycles. The van der Waals surface area contributed by atoms with Crippen molar-refractivity contribution in [3.05, 3.63) is 35.1 Å². The molecular formula is C15H19FN2. The van der Waals surface area contributed by atoms with Crippen molar-refractivity contribution in [2.75, 3.05) is 13.1 Å². The average molecular weight is 246 g/mol. The number of rotatable bonds is 5. The highest BCUT2D eigenvalue weighted by Crippen LogP contribution is 2.27. The summed E-state index contributed by atoms with van der Waals surface area (Å²) in [6.45, 7) is 4.68. The number of halogens is 1. The van der Waals surface area contributed by atoms with E-state index in [1.807, 2.05) is 0 Å². The van der Waals surface area contributed by atoms with Crippen molar-refractivity contribution in [1.29, 1.82) is 5.26 Å². The van der Waals surface area contributed by atoms with Gasteiger partial charge in [-0.05, 0) is 43.5 Å². The van der Waals surface area contributed by atoms with Crippen LogP contribution < -0.4 is 0 Å². The minimum absolute atomic E-state index is 0.207. The lowest BCUT2D eigenvalue weighted by molar-refractivity contribution is 0.176. The van der Waals surface area contributed by atoms with Gasteiger partial charge in [-0.3, -0.25) is 4.90 Å². The summed E-state index contributed by atoms with van der Waals surface area (Å²) in [5.74, 6) is 0.577. The van der Waals surface area contributed by atoms with Crippen molar-refractivity contribution in [3.8, 4) is 6.07 Å². The van der Waals surface area contributed by atoms with E-state index in [4.69, 9.17) is 5.26 Å². The lowest BCUT2D eigenvalue weighted by Gasteiger charge is -2.31. The molecule has 0 heterocycles. The summed E-state index contributed by atoms with van der Waals surface area (Å²) in [6, 6.07) is 6.65. The van der Waals surface area contributed by atoms with Crippen molar-refractivity contribution < 1.29 is 4.39 Å². The van der Waals surface area contributed by atoms with Gasteiger partial charge in [0.05, 0.1) is 11.6 Å². The first-order valence-electron chi connectivity index (χ1n) is 6.63. The summed E-state index contributed by atoms with van der Waals surface area (Å²) in [5.41, 5.74) is 1.17. The maximum Gasteiger partial charge on any atom is 0.127 e. The van der Waals surface area contributed by atoms with Gasteiger partial charge in [-0.25, -0.2) is 4.39 Å². The van der Waals surface area contributed by atoms with Crippen molar-refractivity contribution >= 4 is 0 Å².